The molecule has 0 aromatic heterocycles. The molecule has 0 saturated carbocycles. The van der Waals surface area contributed by atoms with Gasteiger partial charge in [0.1, 0.15) is 0 Å². The molecule has 0 rings (SSSR count). The zero-order valence-corrected chi connectivity index (χ0v) is 5.20. The monoisotopic (exact) mass is 134 g/mol. The lowest BCUT2D eigenvalue weighted by atomic mass is 10.3. The third-order valence-electron chi connectivity index (χ3n) is 0.841. The number of aliphatic hydroxyl groups excluding tert-OH is 2. The first kappa shape index (κ1) is 8.39. The Hall–Kier alpha value is -0.610. The van der Waals surface area contributed by atoms with Crippen molar-refractivity contribution in [1.29, 1.82) is 0 Å². The summed E-state index contributed by atoms with van der Waals surface area (Å²) in [7, 11) is 1.23. The van der Waals surface area contributed by atoms with Crippen LogP contribution < -0.4 is 0 Å². The summed E-state index contributed by atoms with van der Waals surface area (Å²) in [6, 6.07) is 0. The largest absolute Gasteiger partial charge is 0.469 e. The maximum absolute atomic E-state index is 10.3. The molecule has 4 heteroatoms. The van der Waals surface area contributed by atoms with Crippen molar-refractivity contribution in [1.82, 2.24) is 0 Å². The maximum Gasteiger partial charge on any atom is 0.308 e. The number of aliphatic hydroxyl groups is 2. The first-order chi connectivity index (χ1) is 4.20. The quantitative estimate of drug-likeness (QED) is 0.481. The Balaban J connectivity index is 3.34. The fourth-order valence-electron chi connectivity index (χ4n) is 0.340. The number of esters is 1. The smallest absolute Gasteiger partial charge is 0.308 e. The van der Waals surface area contributed by atoms with Crippen molar-refractivity contribution in [2.75, 3.05) is 13.7 Å². The molecule has 0 saturated heterocycles. The van der Waals surface area contributed by atoms with Crippen molar-refractivity contribution >= 4 is 5.97 Å². The molecule has 0 fully saturated rings. The van der Waals surface area contributed by atoms with E-state index in [0.717, 1.165) is 0 Å². The summed E-state index contributed by atoms with van der Waals surface area (Å²) >= 11 is 0. The third kappa shape index (κ3) is 3.93. The van der Waals surface area contributed by atoms with Gasteiger partial charge in [0.2, 0.25) is 0 Å². The fraction of sp³-hybridized carbons (Fsp3) is 0.800. The molecule has 0 unspecified atom stereocenters. The van der Waals surface area contributed by atoms with Gasteiger partial charge in [-0.1, -0.05) is 0 Å². The maximum atomic E-state index is 10.3. The second kappa shape index (κ2) is 4.29. The highest BCUT2D eigenvalue weighted by Crippen LogP contribution is 1.90. The highest BCUT2D eigenvalue weighted by atomic mass is 16.5. The first-order valence-electron chi connectivity index (χ1n) is 2.56. The molecule has 0 aliphatic heterocycles. The van der Waals surface area contributed by atoms with Gasteiger partial charge in [0.05, 0.1) is 26.2 Å². The standard InChI is InChI=1S/C5H10O4/c1-9-5(8)2-4(7)3-6/h4,6-7H,2-3H2,1H3/t4-/m0/s1. The van der Waals surface area contributed by atoms with Crippen LogP contribution in [-0.4, -0.2) is 36.0 Å². The van der Waals surface area contributed by atoms with E-state index in [2.05, 4.69) is 4.74 Å². The number of carbonyl (C=O) groups is 1. The molecule has 0 aliphatic rings. The normalized spacial score (nSPS) is 12.8. The Kier molecular flexibility index (Phi) is 4.00. The zero-order valence-electron chi connectivity index (χ0n) is 5.20. The van der Waals surface area contributed by atoms with Crippen LogP contribution in [0.2, 0.25) is 0 Å². The lowest BCUT2D eigenvalue weighted by Gasteiger charge is -2.02. The van der Waals surface area contributed by atoms with E-state index in [1.165, 1.54) is 7.11 Å². The number of ether oxygens (including phenoxy) is 1. The van der Waals surface area contributed by atoms with E-state index in [1.807, 2.05) is 0 Å². The molecule has 0 heterocycles. The Bertz CT molecular complexity index is 91.0. The number of methoxy groups -OCH3 is 1. The summed E-state index contributed by atoms with van der Waals surface area (Å²) < 4.78 is 4.21. The Labute approximate surface area is 53.1 Å². The van der Waals surface area contributed by atoms with Gasteiger partial charge in [-0.15, -0.1) is 0 Å². The SMILES string of the molecule is COC(=O)C[C@H](O)CO. The number of hydrogen-bond donors (Lipinski definition) is 2. The fourth-order valence-corrected chi connectivity index (χ4v) is 0.340. The van der Waals surface area contributed by atoms with Crippen molar-refractivity contribution in [3.05, 3.63) is 0 Å². The Morgan fingerprint density at radius 3 is 2.67 bits per heavy atom. The van der Waals surface area contributed by atoms with Gasteiger partial charge in [0.25, 0.3) is 0 Å². The van der Waals surface area contributed by atoms with Crippen LogP contribution in [0.25, 0.3) is 0 Å². The summed E-state index contributed by atoms with van der Waals surface area (Å²) in [5, 5.41) is 16.8. The number of rotatable bonds is 3. The van der Waals surface area contributed by atoms with Crippen LogP contribution >= 0.6 is 0 Å². The highest BCUT2D eigenvalue weighted by Gasteiger charge is 2.08. The van der Waals surface area contributed by atoms with Crippen LogP contribution in [0.5, 0.6) is 0 Å². The number of hydrogen-bond acceptors (Lipinski definition) is 4. The molecule has 2 N–H and O–H groups in total. The molecule has 9 heavy (non-hydrogen) atoms. The minimum atomic E-state index is -0.988. The molecular weight excluding hydrogens is 124 g/mol. The minimum Gasteiger partial charge on any atom is -0.469 e. The van der Waals surface area contributed by atoms with Gasteiger partial charge >= 0.3 is 5.97 Å². The summed E-state index contributed by atoms with van der Waals surface area (Å²) in [5.74, 6) is -0.517. The molecule has 0 amide bonds. The average Bonchev–Trinajstić information content (AvgIpc) is 1.87. The molecular formula is C5H10O4. The molecule has 54 valence electrons. The number of carbonyl (C=O) groups excluding carboxylic acids is 1. The summed E-state index contributed by atoms with van der Waals surface area (Å²) in [6.45, 7) is -0.408. The third-order valence-corrected chi connectivity index (χ3v) is 0.841. The zero-order chi connectivity index (χ0) is 7.28. The van der Waals surface area contributed by atoms with Crippen molar-refractivity contribution < 1.29 is 19.7 Å². The molecule has 0 aromatic rings. The van der Waals surface area contributed by atoms with E-state index < -0.39 is 18.7 Å². The van der Waals surface area contributed by atoms with E-state index in [9.17, 15) is 4.79 Å². The minimum absolute atomic E-state index is 0.146. The molecule has 1 atom stereocenters. The van der Waals surface area contributed by atoms with Gasteiger partial charge in [0, 0.05) is 0 Å². The van der Waals surface area contributed by atoms with E-state index in [-0.39, 0.29) is 6.42 Å². The van der Waals surface area contributed by atoms with Gasteiger partial charge in [-0.3, -0.25) is 4.79 Å². The average molecular weight is 134 g/mol. The van der Waals surface area contributed by atoms with Gasteiger partial charge in [-0.05, 0) is 0 Å². The van der Waals surface area contributed by atoms with Crippen molar-refractivity contribution in [3.63, 3.8) is 0 Å². The molecule has 4 nitrogen and oxygen atoms in total. The van der Waals surface area contributed by atoms with Crippen LogP contribution in [0.1, 0.15) is 6.42 Å². The second-order valence-electron chi connectivity index (χ2n) is 1.62. The predicted octanol–water partition coefficient (Wildman–Crippen LogP) is -1.10. The van der Waals surface area contributed by atoms with Crippen molar-refractivity contribution in [2.24, 2.45) is 0 Å². The van der Waals surface area contributed by atoms with E-state index in [4.69, 9.17) is 10.2 Å². The molecule has 0 aliphatic carbocycles. The van der Waals surface area contributed by atoms with Gasteiger partial charge in [-0.2, -0.15) is 0 Å². The lowest BCUT2D eigenvalue weighted by molar-refractivity contribution is -0.143. The van der Waals surface area contributed by atoms with Gasteiger partial charge < -0.3 is 14.9 Å². The Morgan fingerprint density at radius 2 is 2.33 bits per heavy atom. The molecule has 0 aromatic carbocycles. The van der Waals surface area contributed by atoms with Crippen LogP contribution in [0.3, 0.4) is 0 Å². The lowest BCUT2D eigenvalue weighted by Crippen LogP contribution is -2.17. The Morgan fingerprint density at radius 1 is 1.78 bits per heavy atom. The van der Waals surface area contributed by atoms with Gasteiger partial charge in [-0.25, -0.2) is 0 Å². The topological polar surface area (TPSA) is 66.8 Å². The second-order valence-corrected chi connectivity index (χ2v) is 1.62. The summed E-state index contributed by atoms with van der Waals surface area (Å²) in [6.07, 6.45) is -1.13. The van der Waals surface area contributed by atoms with Crippen LogP contribution in [0.15, 0.2) is 0 Å². The van der Waals surface area contributed by atoms with E-state index in [1.54, 1.807) is 0 Å². The molecule has 0 spiro atoms. The van der Waals surface area contributed by atoms with Crippen LogP contribution in [0.4, 0.5) is 0 Å². The van der Waals surface area contributed by atoms with Crippen LogP contribution in [-0.2, 0) is 9.53 Å². The molecule has 0 bridgehead atoms. The highest BCUT2D eigenvalue weighted by molar-refractivity contribution is 5.69. The van der Waals surface area contributed by atoms with E-state index in [0.29, 0.717) is 0 Å². The summed E-state index contributed by atoms with van der Waals surface area (Å²) in [5.41, 5.74) is 0. The van der Waals surface area contributed by atoms with Crippen LogP contribution in [0, 0.1) is 0 Å². The first-order valence-corrected chi connectivity index (χ1v) is 2.56. The molecule has 0 radical (unpaired) electrons. The van der Waals surface area contributed by atoms with E-state index >= 15 is 0 Å². The van der Waals surface area contributed by atoms with Crippen molar-refractivity contribution in [3.8, 4) is 0 Å². The summed E-state index contributed by atoms with van der Waals surface area (Å²) in [4.78, 5) is 10.3. The van der Waals surface area contributed by atoms with Gasteiger partial charge in [0.15, 0.2) is 0 Å². The predicted molar refractivity (Wildman–Crippen MR) is 29.7 cm³/mol. The van der Waals surface area contributed by atoms with Crippen molar-refractivity contribution in [2.45, 2.75) is 12.5 Å².